The highest BCUT2D eigenvalue weighted by Gasteiger charge is 2.32. The minimum Gasteiger partial charge on any atom is -0.480 e. The second-order valence-corrected chi connectivity index (χ2v) is 5.22. The first kappa shape index (κ1) is 15.9. The first-order chi connectivity index (χ1) is 9.89. The van der Waals surface area contributed by atoms with E-state index in [1.54, 1.807) is 18.4 Å². The molecule has 0 N–H and O–H groups in total. The molecule has 3 nitrogen and oxygen atoms in total. The van der Waals surface area contributed by atoms with E-state index in [0.29, 0.717) is 10.7 Å². The fourth-order valence-corrected chi connectivity index (χ4v) is 2.60. The number of alkyl halides is 4. The van der Waals surface area contributed by atoms with Gasteiger partial charge in [0.05, 0.1) is 11.6 Å². The van der Waals surface area contributed by atoms with E-state index in [0.717, 1.165) is 0 Å². The molecule has 114 valence electrons. The largest absolute Gasteiger partial charge is 0.573 e. The highest BCUT2D eigenvalue weighted by atomic mass is 35.5. The van der Waals surface area contributed by atoms with Crippen LogP contribution in [0.4, 0.5) is 13.2 Å². The van der Waals surface area contributed by atoms with Crippen molar-refractivity contribution in [1.82, 2.24) is 4.98 Å². The molecule has 2 aromatic rings. The molecule has 0 bridgehead atoms. The van der Waals surface area contributed by atoms with Crippen molar-refractivity contribution in [2.45, 2.75) is 25.3 Å². The monoisotopic (exact) mass is 337 g/mol. The van der Waals surface area contributed by atoms with E-state index >= 15 is 0 Å². The van der Waals surface area contributed by atoms with Gasteiger partial charge in [0.25, 0.3) is 0 Å². The molecule has 1 aromatic carbocycles. The standard InChI is InChI=1S/C13H11ClF3NO2S/c1-8(12-18-9(6-14)7-21-12)19-10-4-2-3-5-11(10)20-13(15,16)17/h2-5,7-8H,6H2,1H3. The Balaban J connectivity index is 2.15. The average molecular weight is 338 g/mol. The van der Waals surface area contributed by atoms with Crippen LogP contribution < -0.4 is 9.47 Å². The molecule has 0 radical (unpaired) electrons. The summed E-state index contributed by atoms with van der Waals surface area (Å²) in [5.74, 6) is -0.104. The lowest BCUT2D eigenvalue weighted by Gasteiger charge is -2.16. The van der Waals surface area contributed by atoms with Gasteiger partial charge in [-0.3, -0.25) is 0 Å². The summed E-state index contributed by atoms with van der Waals surface area (Å²) >= 11 is 7.00. The average Bonchev–Trinajstić information content (AvgIpc) is 2.88. The van der Waals surface area contributed by atoms with Crippen LogP contribution >= 0.6 is 22.9 Å². The summed E-state index contributed by atoms with van der Waals surface area (Å²) in [5.41, 5.74) is 0.701. The minimum atomic E-state index is -4.77. The highest BCUT2D eigenvalue weighted by Crippen LogP contribution is 2.35. The maximum Gasteiger partial charge on any atom is 0.573 e. The molecule has 0 amide bonds. The molecule has 0 saturated carbocycles. The third kappa shape index (κ3) is 4.50. The van der Waals surface area contributed by atoms with Gasteiger partial charge in [0.1, 0.15) is 11.1 Å². The summed E-state index contributed by atoms with van der Waals surface area (Å²) in [6.07, 6.45) is -5.28. The summed E-state index contributed by atoms with van der Waals surface area (Å²) in [7, 11) is 0. The molecule has 1 heterocycles. The normalized spacial score (nSPS) is 13.0. The molecule has 1 unspecified atom stereocenters. The molecule has 8 heteroatoms. The van der Waals surface area contributed by atoms with E-state index in [1.165, 1.54) is 29.5 Å². The summed E-state index contributed by atoms with van der Waals surface area (Å²) in [6.45, 7) is 1.70. The highest BCUT2D eigenvalue weighted by molar-refractivity contribution is 7.09. The van der Waals surface area contributed by atoms with Gasteiger partial charge in [-0.05, 0) is 19.1 Å². The van der Waals surface area contributed by atoms with Gasteiger partial charge in [0.15, 0.2) is 11.5 Å². The molecule has 2 rings (SSSR count). The van der Waals surface area contributed by atoms with Crippen LogP contribution in [0.15, 0.2) is 29.6 Å². The van der Waals surface area contributed by atoms with E-state index in [-0.39, 0.29) is 17.4 Å². The van der Waals surface area contributed by atoms with Gasteiger partial charge < -0.3 is 9.47 Å². The summed E-state index contributed by atoms with van der Waals surface area (Å²) in [4.78, 5) is 4.23. The van der Waals surface area contributed by atoms with Crippen molar-refractivity contribution in [3.63, 3.8) is 0 Å². The van der Waals surface area contributed by atoms with Crippen molar-refractivity contribution < 1.29 is 22.6 Å². The van der Waals surface area contributed by atoms with Crippen molar-refractivity contribution in [2.75, 3.05) is 0 Å². The van der Waals surface area contributed by atoms with Gasteiger partial charge >= 0.3 is 6.36 Å². The second kappa shape index (κ2) is 6.53. The van der Waals surface area contributed by atoms with Gasteiger partial charge in [0, 0.05) is 5.38 Å². The van der Waals surface area contributed by atoms with Crippen LogP contribution in [0.2, 0.25) is 0 Å². The van der Waals surface area contributed by atoms with Crippen molar-refractivity contribution in [3.8, 4) is 11.5 Å². The Morgan fingerprint density at radius 1 is 1.29 bits per heavy atom. The number of hydrogen-bond acceptors (Lipinski definition) is 4. The van der Waals surface area contributed by atoms with Crippen LogP contribution in [0.3, 0.4) is 0 Å². The Kier molecular flexibility index (Phi) is 4.95. The van der Waals surface area contributed by atoms with Crippen LogP contribution in [0.1, 0.15) is 23.7 Å². The lowest BCUT2D eigenvalue weighted by molar-refractivity contribution is -0.275. The predicted octanol–water partition coefficient (Wildman–Crippen LogP) is 4.92. The van der Waals surface area contributed by atoms with E-state index < -0.39 is 12.5 Å². The van der Waals surface area contributed by atoms with Crippen LogP contribution in [-0.4, -0.2) is 11.3 Å². The predicted molar refractivity (Wildman–Crippen MR) is 73.8 cm³/mol. The van der Waals surface area contributed by atoms with Gasteiger partial charge in [0.2, 0.25) is 0 Å². The molecular weight excluding hydrogens is 327 g/mol. The smallest absolute Gasteiger partial charge is 0.480 e. The lowest BCUT2D eigenvalue weighted by atomic mass is 10.3. The first-order valence-electron chi connectivity index (χ1n) is 5.90. The SMILES string of the molecule is CC(Oc1ccccc1OC(F)(F)F)c1nc(CCl)cs1. The number of nitrogens with zero attached hydrogens (tertiary/aromatic N) is 1. The van der Waals surface area contributed by atoms with Crippen molar-refractivity contribution >= 4 is 22.9 Å². The van der Waals surface area contributed by atoms with Crippen molar-refractivity contribution in [3.05, 3.63) is 40.3 Å². The number of halogens is 4. The maximum atomic E-state index is 12.3. The third-order valence-electron chi connectivity index (χ3n) is 2.43. The zero-order chi connectivity index (χ0) is 15.5. The number of benzene rings is 1. The fourth-order valence-electron chi connectivity index (χ4n) is 1.57. The topological polar surface area (TPSA) is 31.4 Å². The molecule has 21 heavy (non-hydrogen) atoms. The van der Waals surface area contributed by atoms with E-state index in [1.807, 2.05) is 0 Å². The molecular formula is C13H11ClF3NO2S. The molecule has 0 aliphatic heterocycles. The number of thiazole rings is 1. The van der Waals surface area contributed by atoms with E-state index in [9.17, 15) is 13.2 Å². The maximum absolute atomic E-state index is 12.3. The zero-order valence-electron chi connectivity index (χ0n) is 10.9. The zero-order valence-corrected chi connectivity index (χ0v) is 12.4. The first-order valence-corrected chi connectivity index (χ1v) is 7.32. The number of ether oxygens (including phenoxy) is 2. The van der Waals surface area contributed by atoms with Gasteiger partial charge in [-0.25, -0.2) is 4.98 Å². The molecule has 1 atom stereocenters. The van der Waals surface area contributed by atoms with E-state index in [2.05, 4.69) is 9.72 Å². The molecule has 0 fully saturated rings. The summed E-state index contributed by atoms with van der Waals surface area (Å²) in [5, 5.41) is 2.41. The number of para-hydroxylation sites is 2. The third-order valence-corrected chi connectivity index (χ3v) is 3.76. The van der Waals surface area contributed by atoms with Crippen LogP contribution in [0.25, 0.3) is 0 Å². The number of aromatic nitrogens is 1. The fraction of sp³-hybridized carbons (Fsp3) is 0.308. The summed E-state index contributed by atoms with van der Waals surface area (Å²) in [6, 6.07) is 5.61. The van der Waals surface area contributed by atoms with E-state index in [4.69, 9.17) is 16.3 Å². The van der Waals surface area contributed by atoms with Gasteiger partial charge in [-0.2, -0.15) is 0 Å². The van der Waals surface area contributed by atoms with Crippen LogP contribution in [-0.2, 0) is 5.88 Å². The Morgan fingerprint density at radius 2 is 1.95 bits per heavy atom. The second-order valence-electron chi connectivity index (χ2n) is 4.07. The Labute approximate surface area is 128 Å². The molecule has 0 spiro atoms. The van der Waals surface area contributed by atoms with Crippen LogP contribution in [0, 0.1) is 0 Å². The molecule has 0 saturated heterocycles. The minimum absolute atomic E-state index is 0.00458. The van der Waals surface area contributed by atoms with Gasteiger partial charge in [-0.15, -0.1) is 36.1 Å². The molecule has 1 aromatic heterocycles. The molecule has 0 aliphatic rings. The van der Waals surface area contributed by atoms with Crippen LogP contribution in [0.5, 0.6) is 11.5 Å². The Morgan fingerprint density at radius 3 is 2.52 bits per heavy atom. The van der Waals surface area contributed by atoms with Crippen molar-refractivity contribution in [2.24, 2.45) is 0 Å². The number of rotatable bonds is 5. The Bertz CT molecular complexity index is 603. The van der Waals surface area contributed by atoms with Gasteiger partial charge in [-0.1, -0.05) is 12.1 Å². The molecule has 0 aliphatic carbocycles. The summed E-state index contributed by atoms with van der Waals surface area (Å²) < 4.78 is 46.4. The lowest BCUT2D eigenvalue weighted by Crippen LogP contribution is -2.18. The van der Waals surface area contributed by atoms with Crippen molar-refractivity contribution in [1.29, 1.82) is 0 Å². The Hall–Kier alpha value is -1.47. The number of hydrogen-bond donors (Lipinski definition) is 0. The quantitative estimate of drug-likeness (QED) is 0.726.